The van der Waals surface area contributed by atoms with Crippen LogP contribution in [-0.2, 0) is 0 Å². The number of hydrogen-bond donors (Lipinski definition) is 1. The average Bonchev–Trinajstić information content (AvgIpc) is 2.94. The van der Waals surface area contributed by atoms with Crippen molar-refractivity contribution in [3.8, 4) is 0 Å². The molecule has 0 amide bonds. The van der Waals surface area contributed by atoms with Crippen LogP contribution < -0.4 is 5.32 Å². The number of fused-ring (bicyclic) bond motifs is 1. The quantitative estimate of drug-likeness (QED) is 0.821. The van der Waals surface area contributed by atoms with Crippen molar-refractivity contribution < 1.29 is 0 Å². The maximum atomic E-state index is 3.91. The Bertz CT molecular complexity index is 265. The molecule has 0 spiro atoms. The van der Waals surface area contributed by atoms with Gasteiger partial charge in [0.15, 0.2) is 0 Å². The lowest BCUT2D eigenvalue weighted by Crippen LogP contribution is -2.41. The van der Waals surface area contributed by atoms with Crippen LogP contribution in [0.1, 0.15) is 38.5 Å². The van der Waals surface area contributed by atoms with Gasteiger partial charge in [-0.1, -0.05) is 12.8 Å². The second kappa shape index (κ2) is 5.48. The number of likely N-dealkylation sites (N-methyl/N-ethyl adjacent to an activating group) is 1. The van der Waals surface area contributed by atoms with Gasteiger partial charge in [0.1, 0.15) is 0 Å². The topological polar surface area (TPSA) is 18.5 Å². The Labute approximate surface area is 112 Å². The summed E-state index contributed by atoms with van der Waals surface area (Å²) in [7, 11) is 4.44. The second-order valence-corrected chi connectivity index (χ2v) is 6.92. The van der Waals surface area contributed by atoms with E-state index >= 15 is 0 Å². The molecule has 3 nitrogen and oxygen atoms in total. The number of likely N-dealkylation sites (tertiary alicyclic amines) is 1. The van der Waals surface area contributed by atoms with E-state index in [1.165, 1.54) is 58.2 Å². The van der Waals surface area contributed by atoms with Crippen molar-refractivity contribution in [2.45, 2.75) is 56.7 Å². The molecule has 3 fully saturated rings. The van der Waals surface area contributed by atoms with Gasteiger partial charge in [-0.2, -0.15) is 0 Å². The summed E-state index contributed by atoms with van der Waals surface area (Å²) in [5, 5.41) is 3.91. The zero-order valence-electron chi connectivity index (χ0n) is 12.1. The third kappa shape index (κ3) is 2.73. The van der Waals surface area contributed by atoms with Crippen molar-refractivity contribution in [3.05, 3.63) is 0 Å². The van der Waals surface area contributed by atoms with Gasteiger partial charge in [0.2, 0.25) is 0 Å². The predicted molar refractivity (Wildman–Crippen MR) is 75.8 cm³/mol. The lowest BCUT2D eigenvalue weighted by Gasteiger charge is -2.24. The Morgan fingerprint density at radius 1 is 1.17 bits per heavy atom. The van der Waals surface area contributed by atoms with Crippen molar-refractivity contribution >= 4 is 0 Å². The smallest absolute Gasteiger partial charge is 0.0229 e. The van der Waals surface area contributed by atoms with Crippen LogP contribution in [0.4, 0.5) is 0 Å². The summed E-state index contributed by atoms with van der Waals surface area (Å²) in [6.45, 7) is 3.87. The predicted octanol–water partition coefficient (Wildman–Crippen LogP) is 1.54. The van der Waals surface area contributed by atoms with Gasteiger partial charge in [-0.15, -0.1) is 0 Å². The molecule has 1 N–H and O–H groups in total. The van der Waals surface area contributed by atoms with E-state index in [0.717, 1.165) is 24.0 Å². The zero-order chi connectivity index (χ0) is 12.5. The standard InChI is InChI=1S/C15H29N3/c1-17(2)14-7-8-18(11-14)10-13-9-12-5-3-4-6-15(12)16-13/h12-16H,3-11H2,1-2H3. The highest BCUT2D eigenvalue weighted by molar-refractivity contribution is 4.95. The Morgan fingerprint density at radius 2 is 2.00 bits per heavy atom. The first kappa shape index (κ1) is 12.9. The van der Waals surface area contributed by atoms with Crippen molar-refractivity contribution in [3.63, 3.8) is 0 Å². The maximum absolute atomic E-state index is 3.91. The largest absolute Gasteiger partial charge is 0.310 e. The molecule has 3 heteroatoms. The number of nitrogens with zero attached hydrogens (tertiary/aromatic N) is 2. The number of rotatable bonds is 3. The normalized spacial score (nSPS) is 41.5. The van der Waals surface area contributed by atoms with Gasteiger partial charge in [0, 0.05) is 31.2 Å². The highest BCUT2D eigenvalue weighted by Gasteiger charge is 2.36. The first-order valence-electron chi connectivity index (χ1n) is 7.87. The van der Waals surface area contributed by atoms with Crippen molar-refractivity contribution in [2.75, 3.05) is 33.7 Å². The fraction of sp³-hybridized carbons (Fsp3) is 1.00. The van der Waals surface area contributed by atoms with Crippen LogP contribution in [0.5, 0.6) is 0 Å². The SMILES string of the molecule is CN(C)C1CCN(CC2CC3CCCCC3N2)C1. The molecule has 3 aliphatic rings. The van der Waals surface area contributed by atoms with Gasteiger partial charge in [-0.3, -0.25) is 0 Å². The van der Waals surface area contributed by atoms with Crippen molar-refractivity contribution in [1.29, 1.82) is 0 Å². The average molecular weight is 251 g/mol. The molecule has 1 saturated carbocycles. The molecular formula is C15H29N3. The van der Waals surface area contributed by atoms with Crippen LogP contribution in [0, 0.1) is 5.92 Å². The van der Waals surface area contributed by atoms with Crippen LogP contribution >= 0.6 is 0 Å². The van der Waals surface area contributed by atoms with Crippen LogP contribution in [0.3, 0.4) is 0 Å². The van der Waals surface area contributed by atoms with Crippen LogP contribution in [0.25, 0.3) is 0 Å². The molecule has 2 heterocycles. The Hall–Kier alpha value is -0.120. The van der Waals surface area contributed by atoms with Gasteiger partial charge in [0.25, 0.3) is 0 Å². The number of nitrogens with one attached hydrogen (secondary N) is 1. The van der Waals surface area contributed by atoms with Crippen LogP contribution in [0.2, 0.25) is 0 Å². The molecule has 104 valence electrons. The minimum absolute atomic E-state index is 0.777. The van der Waals surface area contributed by atoms with E-state index in [0.29, 0.717) is 0 Å². The fourth-order valence-corrected chi connectivity index (χ4v) is 4.28. The van der Waals surface area contributed by atoms with E-state index in [9.17, 15) is 0 Å². The monoisotopic (exact) mass is 251 g/mol. The second-order valence-electron chi connectivity index (χ2n) is 6.92. The fourth-order valence-electron chi connectivity index (χ4n) is 4.28. The highest BCUT2D eigenvalue weighted by atomic mass is 15.2. The van der Waals surface area contributed by atoms with Crippen LogP contribution in [-0.4, -0.2) is 61.7 Å². The third-order valence-electron chi connectivity index (χ3n) is 5.40. The molecule has 2 aliphatic heterocycles. The lowest BCUT2D eigenvalue weighted by molar-refractivity contribution is 0.253. The molecule has 0 radical (unpaired) electrons. The molecule has 0 bridgehead atoms. The molecule has 0 aromatic heterocycles. The summed E-state index contributed by atoms with van der Waals surface area (Å²) in [6, 6.07) is 2.42. The summed E-state index contributed by atoms with van der Waals surface area (Å²) in [6.07, 6.45) is 8.63. The lowest BCUT2D eigenvalue weighted by atomic mass is 9.85. The Morgan fingerprint density at radius 3 is 2.72 bits per heavy atom. The third-order valence-corrected chi connectivity index (χ3v) is 5.40. The Balaban J connectivity index is 1.47. The molecule has 1 aliphatic carbocycles. The van der Waals surface area contributed by atoms with E-state index in [1.807, 2.05) is 0 Å². The van der Waals surface area contributed by atoms with E-state index in [2.05, 4.69) is 29.2 Å². The zero-order valence-corrected chi connectivity index (χ0v) is 12.1. The molecule has 2 saturated heterocycles. The summed E-state index contributed by atoms with van der Waals surface area (Å²) in [5.74, 6) is 0.996. The number of hydrogen-bond acceptors (Lipinski definition) is 3. The highest BCUT2D eigenvalue weighted by Crippen LogP contribution is 2.33. The van der Waals surface area contributed by atoms with Gasteiger partial charge in [0.05, 0.1) is 0 Å². The molecule has 18 heavy (non-hydrogen) atoms. The van der Waals surface area contributed by atoms with Gasteiger partial charge in [-0.05, 0) is 52.2 Å². The van der Waals surface area contributed by atoms with Crippen molar-refractivity contribution in [2.24, 2.45) is 5.92 Å². The first-order chi connectivity index (χ1) is 8.72. The van der Waals surface area contributed by atoms with Gasteiger partial charge < -0.3 is 15.1 Å². The molecular weight excluding hydrogens is 222 g/mol. The van der Waals surface area contributed by atoms with Crippen molar-refractivity contribution in [1.82, 2.24) is 15.1 Å². The first-order valence-corrected chi connectivity index (χ1v) is 7.87. The summed E-state index contributed by atoms with van der Waals surface area (Å²) in [4.78, 5) is 5.07. The Kier molecular flexibility index (Phi) is 3.92. The molecule has 3 rings (SSSR count). The van der Waals surface area contributed by atoms with E-state index in [4.69, 9.17) is 0 Å². The summed E-state index contributed by atoms with van der Waals surface area (Å²) < 4.78 is 0. The van der Waals surface area contributed by atoms with E-state index in [-0.39, 0.29) is 0 Å². The minimum atomic E-state index is 0.777. The van der Waals surface area contributed by atoms with Crippen LogP contribution in [0.15, 0.2) is 0 Å². The van der Waals surface area contributed by atoms with E-state index in [1.54, 1.807) is 0 Å². The minimum Gasteiger partial charge on any atom is -0.310 e. The molecule has 0 aromatic carbocycles. The molecule has 4 unspecified atom stereocenters. The van der Waals surface area contributed by atoms with Gasteiger partial charge in [-0.25, -0.2) is 0 Å². The molecule has 4 atom stereocenters. The molecule has 0 aromatic rings. The van der Waals surface area contributed by atoms with Gasteiger partial charge >= 0.3 is 0 Å². The summed E-state index contributed by atoms with van der Waals surface area (Å²) >= 11 is 0. The van der Waals surface area contributed by atoms with E-state index < -0.39 is 0 Å². The maximum Gasteiger partial charge on any atom is 0.0229 e. The summed E-state index contributed by atoms with van der Waals surface area (Å²) in [5.41, 5.74) is 0.